The van der Waals surface area contributed by atoms with E-state index in [-0.39, 0.29) is 17.2 Å². The number of thiol groups is 1. The first-order valence-electron chi connectivity index (χ1n) is 7.54. The minimum absolute atomic E-state index is 0.161. The molecule has 0 aliphatic heterocycles. The first-order valence-corrected chi connectivity index (χ1v) is 8.06. The maximum Gasteiger partial charge on any atom is 0.311 e. The van der Waals surface area contributed by atoms with Gasteiger partial charge in [-0.15, -0.1) is 0 Å². The third-order valence-electron chi connectivity index (χ3n) is 3.25. The van der Waals surface area contributed by atoms with E-state index in [1.54, 1.807) is 0 Å². The average molecular weight is 316 g/mol. The van der Waals surface area contributed by atoms with Gasteiger partial charge in [-0.05, 0) is 54.4 Å². The van der Waals surface area contributed by atoms with E-state index >= 15 is 0 Å². The van der Waals surface area contributed by atoms with Crippen molar-refractivity contribution in [2.75, 3.05) is 0 Å². The van der Waals surface area contributed by atoms with Gasteiger partial charge in [0.25, 0.3) is 0 Å². The van der Waals surface area contributed by atoms with Gasteiger partial charge in [0, 0.05) is 5.25 Å². The third kappa shape index (κ3) is 5.89. The predicted octanol–water partition coefficient (Wildman–Crippen LogP) is 3.38. The Kier molecular flexibility index (Phi) is 5.76. The highest BCUT2D eigenvalue weighted by Gasteiger charge is 2.44. The zero-order chi connectivity index (χ0) is 16.4. The Bertz CT molecular complexity index is 392. The minimum atomic E-state index is -0.569. The van der Waals surface area contributed by atoms with Gasteiger partial charge in [-0.25, -0.2) is 0 Å². The van der Waals surface area contributed by atoms with E-state index in [9.17, 15) is 9.59 Å². The Balaban J connectivity index is 2.89. The van der Waals surface area contributed by atoms with Gasteiger partial charge in [-0.2, -0.15) is 12.6 Å². The number of hydrogen-bond acceptors (Lipinski definition) is 5. The molecular weight excluding hydrogens is 288 g/mol. The Morgan fingerprint density at radius 2 is 1.38 bits per heavy atom. The molecule has 4 nitrogen and oxygen atoms in total. The highest BCUT2D eigenvalue weighted by atomic mass is 32.1. The summed E-state index contributed by atoms with van der Waals surface area (Å²) in [6, 6.07) is 0. The van der Waals surface area contributed by atoms with Crippen LogP contribution in [0.4, 0.5) is 0 Å². The molecule has 0 heterocycles. The normalized spacial score (nSPS) is 27.1. The van der Waals surface area contributed by atoms with Crippen molar-refractivity contribution in [3.8, 4) is 0 Å². The number of rotatable bonds is 2. The molecule has 0 aromatic carbocycles. The summed E-state index contributed by atoms with van der Waals surface area (Å²) in [5, 5.41) is -0.161. The van der Waals surface area contributed by atoms with Gasteiger partial charge in [0.1, 0.15) is 11.2 Å². The van der Waals surface area contributed by atoms with Crippen LogP contribution < -0.4 is 0 Å². The first-order chi connectivity index (χ1) is 9.41. The van der Waals surface area contributed by atoms with Crippen molar-refractivity contribution in [1.82, 2.24) is 0 Å². The van der Waals surface area contributed by atoms with Crippen molar-refractivity contribution in [3.05, 3.63) is 0 Å². The van der Waals surface area contributed by atoms with Crippen LogP contribution in [0.1, 0.15) is 60.8 Å². The largest absolute Gasteiger partial charge is 0.460 e. The molecule has 1 saturated carbocycles. The molecule has 1 aliphatic rings. The molecule has 0 bridgehead atoms. The molecule has 0 amide bonds. The van der Waals surface area contributed by atoms with Crippen molar-refractivity contribution in [1.29, 1.82) is 0 Å². The van der Waals surface area contributed by atoms with E-state index in [4.69, 9.17) is 9.47 Å². The molecule has 122 valence electrons. The molecule has 0 saturated heterocycles. The minimum Gasteiger partial charge on any atom is -0.460 e. The molecular formula is C16H28O4S. The Morgan fingerprint density at radius 1 is 0.905 bits per heavy atom. The van der Waals surface area contributed by atoms with Crippen LogP contribution in [-0.2, 0) is 19.1 Å². The summed E-state index contributed by atoms with van der Waals surface area (Å²) in [6.45, 7) is 11.0. The number of esters is 2. The predicted molar refractivity (Wildman–Crippen MR) is 85.3 cm³/mol. The quantitative estimate of drug-likeness (QED) is 0.627. The molecule has 3 unspecified atom stereocenters. The Hall–Kier alpha value is -0.710. The monoisotopic (exact) mass is 316 g/mol. The lowest BCUT2D eigenvalue weighted by Crippen LogP contribution is -2.44. The van der Waals surface area contributed by atoms with Gasteiger partial charge in [0.15, 0.2) is 0 Å². The van der Waals surface area contributed by atoms with Crippen LogP contribution in [0.2, 0.25) is 0 Å². The smallest absolute Gasteiger partial charge is 0.311 e. The van der Waals surface area contributed by atoms with E-state index in [0.29, 0.717) is 6.42 Å². The molecule has 1 fully saturated rings. The summed E-state index contributed by atoms with van der Waals surface area (Å²) >= 11 is 4.50. The van der Waals surface area contributed by atoms with Crippen LogP contribution in [0, 0.1) is 11.8 Å². The summed E-state index contributed by atoms with van der Waals surface area (Å²) < 4.78 is 10.9. The molecule has 0 aromatic heterocycles. The maximum atomic E-state index is 12.4. The standard InChI is InChI=1S/C16H28O4S/c1-15(2,3)19-13(17)10-8-7-9-11(21)12(10)14(18)20-16(4,5)6/h10-12,21H,7-9H2,1-6H3. The number of hydrogen-bond donors (Lipinski definition) is 1. The van der Waals surface area contributed by atoms with Crippen molar-refractivity contribution >= 4 is 24.6 Å². The van der Waals surface area contributed by atoms with Gasteiger partial charge < -0.3 is 9.47 Å². The molecule has 0 spiro atoms. The van der Waals surface area contributed by atoms with E-state index < -0.39 is 23.0 Å². The third-order valence-corrected chi connectivity index (χ3v) is 3.83. The first kappa shape index (κ1) is 18.3. The highest BCUT2D eigenvalue weighted by Crippen LogP contribution is 2.36. The Labute approximate surface area is 133 Å². The van der Waals surface area contributed by atoms with Crippen LogP contribution in [-0.4, -0.2) is 28.4 Å². The van der Waals surface area contributed by atoms with Crippen LogP contribution in [0.25, 0.3) is 0 Å². The topological polar surface area (TPSA) is 52.6 Å². The Morgan fingerprint density at radius 3 is 1.86 bits per heavy atom. The molecule has 0 N–H and O–H groups in total. The molecule has 1 rings (SSSR count). The summed E-state index contributed by atoms with van der Waals surface area (Å²) in [5.74, 6) is -1.67. The van der Waals surface area contributed by atoms with E-state index in [2.05, 4.69) is 12.6 Å². The summed E-state index contributed by atoms with van der Waals surface area (Å²) in [7, 11) is 0. The molecule has 5 heteroatoms. The fraction of sp³-hybridized carbons (Fsp3) is 0.875. The summed E-state index contributed by atoms with van der Waals surface area (Å²) in [6.07, 6.45) is 2.33. The van der Waals surface area contributed by atoms with Crippen LogP contribution in [0.5, 0.6) is 0 Å². The van der Waals surface area contributed by atoms with Crippen molar-refractivity contribution in [2.45, 2.75) is 77.3 Å². The molecule has 0 aromatic rings. The molecule has 0 radical (unpaired) electrons. The molecule has 3 atom stereocenters. The SMILES string of the molecule is CC(C)(C)OC(=O)C1CCCC(S)C1C(=O)OC(C)(C)C. The fourth-order valence-electron chi connectivity index (χ4n) is 2.51. The number of ether oxygens (including phenoxy) is 2. The maximum absolute atomic E-state index is 12.4. The number of carbonyl (C=O) groups is 2. The highest BCUT2D eigenvalue weighted by molar-refractivity contribution is 7.81. The van der Waals surface area contributed by atoms with Gasteiger partial charge in [0.05, 0.1) is 11.8 Å². The van der Waals surface area contributed by atoms with Crippen molar-refractivity contribution in [3.63, 3.8) is 0 Å². The van der Waals surface area contributed by atoms with Crippen molar-refractivity contribution < 1.29 is 19.1 Å². The zero-order valence-corrected chi connectivity index (χ0v) is 14.8. The van der Waals surface area contributed by atoms with Crippen molar-refractivity contribution in [2.24, 2.45) is 11.8 Å². The lowest BCUT2D eigenvalue weighted by Gasteiger charge is -2.36. The van der Waals surface area contributed by atoms with Gasteiger partial charge >= 0.3 is 11.9 Å². The molecule has 21 heavy (non-hydrogen) atoms. The summed E-state index contributed by atoms with van der Waals surface area (Å²) in [5.41, 5.74) is -1.13. The van der Waals surface area contributed by atoms with Crippen LogP contribution in [0.15, 0.2) is 0 Å². The van der Waals surface area contributed by atoms with Gasteiger partial charge in [-0.3, -0.25) is 9.59 Å². The van der Waals surface area contributed by atoms with Gasteiger partial charge in [-0.1, -0.05) is 6.42 Å². The zero-order valence-electron chi connectivity index (χ0n) is 13.9. The lowest BCUT2D eigenvalue weighted by molar-refractivity contribution is -0.174. The van der Waals surface area contributed by atoms with E-state index in [1.165, 1.54) is 0 Å². The van der Waals surface area contributed by atoms with E-state index in [1.807, 2.05) is 41.5 Å². The molecule has 1 aliphatic carbocycles. The second-order valence-corrected chi connectivity index (χ2v) is 8.36. The van der Waals surface area contributed by atoms with Crippen LogP contribution >= 0.6 is 12.6 Å². The fourth-order valence-corrected chi connectivity index (χ4v) is 3.02. The second kappa shape index (κ2) is 6.59. The average Bonchev–Trinajstić information content (AvgIpc) is 2.23. The van der Waals surface area contributed by atoms with Gasteiger partial charge in [0.2, 0.25) is 0 Å². The summed E-state index contributed by atoms with van der Waals surface area (Å²) in [4.78, 5) is 24.8. The van der Waals surface area contributed by atoms with E-state index in [0.717, 1.165) is 12.8 Å². The lowest BCUT2D eigenvalue weighted by atomic mass is 9.78. The van der Waals surface area contributed by atoms with Crippen LogP contribution in [0.3, 0.4) is 0 Å². The number of carbonyl (C=O) groups excluding carboxylic acids is 2. The second-order valence-electron chi connectivity index (χ2n) is 7.70.